The van der Waals surface area contributed by atoms with Gasteiger partial charge in [0.05, 0.1) is 18.8 Å². The van der Waals surface area contributed by atoms with Crippen LogP contribution in [0.1, 0.15) is 33.1 Å². The lowest BCUT2D eigenvalue weighted by Crippen LogP contribution is -2.38. The Labute approximate surface area is 92.5 Å². The predicted molar refractivity (Wildman–Crippen MR) is 61.9 cm³/mol. The highest BCUT2D eigenvalue weighted by molar-refractivity contribution is 4.93. The monoisotopic (exact) mass is 213 g/mol. The molecule has 2 N–H and O–H groups in total. The third-order valence-electron chi connectivity index (χ3n) is 2.53. The molecule has 2 unspecified atom stereocenters. The van der Waals surface area contributed by atoms with E-state index >= 15 is 0 Å². The average Bonchev–Trinajstić information content (AvgIpc) is 2.25. The molecule has 0 aliphatic heterocycles. The molecular weight excluding hydrogens is 190 g/mol. The third kappa shape index (κ3) is 5.92. The first kappa shape index (κ1) is 12.7. The van der Waals surface area contributed by atoms with Crippen LogP contribution >= 0.6 is 0 Å². The molecule has 2 atom stereocenters. The van der Waals surface area contributed by atoms with Crippen molar-refractivity contribution >= 4 is 0 Å². The van der Waals surface area contributed by atoms with E-state index in [1.54, 1.807) is 0 Å². The molecular formula is C12H23NO2. The molecule has 0 aromatic rings. The lowest BCUT2D eigenvalue weighted by molar-refractivity contribution is 0.00536. The summed E-state index contributed by atoms with van der Waals surface area (Å²) in [5, 5.41) is 13.0. The summed E-state index contributed by atoms with van der Waals surface area (Å²) in [7, 11) is 0. The van der Waals surface area contributed by atoms with E-state index in [0.717, 1.165) is 12.8 Å². The van der Waals surface area contributed by atoms with Gasteiger partial charge in [0.1, 0.15) is 0 Å². The molecule has 1 rings (SSSR count). The van der Waals surface area contributed by atoms with Crippen LogP contribution in [-0.2, 0) is 4.74 Å². The summed E-state index contributed by atoms with van der Waals surface area (Å²) >= 11 is 0. The highest BCUT2D eigenvalue weighted by Crippen LogP contribution is 2.10. The maximum atomic E-state index is 9.62. The predicted octanol–water partition coefficient (Wildman–Crippen LogP) is 1.47. The molecule has 0 amide bonds. The Morgan fingerprint density at radius 1 is 1.47 bits per heavy atom. The van der Waals surface area contributed by atoms with Gasteiger partial charge < -0.3 is 15.2 Å². The van der Waals surface area contributed by atoms with Crippen molar-refractivity contribution in [2.45, 2.75) is 51.4 Å². The molecule has 0 heterocycles. The van der Waals surface area contributed by atoms with E-state index in [1.807, 2.05) is 13.8 Å². The fourth-order valence-electron chi connectivity index (χ4n) is 1.64. The van der Waals surface area contributed by atoms with Crippen molar-refractivity contribution in [3.63, 3.8) is 0 Å². The molecule has 3 nitrogen and oxygen atoms in total. The summed E-state index contributed by atoms with van der Waals surface area (Å²) in [6.07, 6.45) is 7.63. The third-order valence-corrected chi connectivity index (χ3v) is 2.53. The Morgan fingerprint density at radius 3 is 2.87 bits per heavy atom. The fraction of sp³-hybridized carbons (Fsp3) is 0.833. The number of rotatable bonds is 6. The Kier molecular flexibility index (Phi) is 5.91. The number of ether oxygens (including phenoxy) is 1. The number of aliphatic hydroxyl groups excluding tert-OH is 1. The van der Waals surface area contributed by atoms with Crippen molar-refractivity contribution in [2.75, 3.05) is 13.2 Å². The van der Waals surface area contributed by atoms with Crippen molar-refractivity contribution in [3.05, 3.63) is 12.2 Å². The van der Waals surface area contributed by atoms with Crippen LogP contribution in [0.5, 0.6) is 0 Å². The van der Waals surface area contributed by atoms with Gasteiger partial charge in [-0.05, 0) is 33.1 Å². The van der Waals surface area contributed by atoms with E-state index in [-0.39, 0.29) is 6.10 Å². The summed E-state index contributed by atoms with van der Waals surface area (Å²) in [5.74, 6) is 0. The highest BCUT2D eigenvalue weighted by atomic mass is 16.5. The number of hydrogen-bond acceptors (Lipinski definition) is 3. The first-order chi connectivity index (χ1) is 7.18. The molecule has 3 heteroatoms. The second-order valence-electron chi connectivity index (χ2n) is 4.43. The minimum Gasteiger partial charge on any atom is -0.389 e. The van der Waals surface area contributed by atoms with Crippen molar-refractivity contribution in [3.8, 4) is 0 Å². The molecule has 0 aromatic carbocycles. The molecule has 0 saturated carbocycles. The van der Waals surface area contributed by atoms with Crippen LogP contribution < -0.4 is 5.32 Å². The van der Waals surface area contributed by atoms with E-state index < -0.39 is 6.10 Å². The van der Waals surface area contributed by atoms with E-state index in [2.05, 4.69) is 17.5 Å². The van der Waals surface area contributed by atoms with Crippen LogP contribution in [0.15, 0.2) is 12.2 Å². The number of nitrogens with one attached hydrogen (secondary N) is 1. The van der Waals surface area contributed by atoms with Crippen molar-refractivity contribution in [1.82, 2.24) is 5.32 Å². The van der Waals surface area contributed by atoms with Gasteiger partial charge in [-0.3, -0.25) is 0 Å². The van der Waals surface area contributed by atoms with Crippen LogP contribution in [0.3, 0.4) is 0 Å². The second-order valence-corrected chi connectivity index (χ2v) is 4.43. The van der Waals surface area contributed by atoms with Gasteiger partial charge in [-0.25, -0.2) is 0 Å². The quantitative estimate of drug-likeness (QED) is 0.657. The minimum atomic E-state index is -0.390. The lowest BCUT2D eigenvalue weighted by atomic mass is 10.0. The van der Waals surface area contributed by atoms with Crippen molar-refractivity contribution < 1.29 is 9.84 Å². The van der Waals surface area contributed by atoms with Crippen LogP contribution in [0.2, 0.25) is 0 Å². The van der Waals surface area contributed by atoms with E-state index in [9.17, 15) is 5.11 Å². The number of hydrogen-bond donors (Lipinski definition) is 2. The van der Waals surface area contributed by atoms with Gasteiger partial charge in [0.2, 0.25) is 0 Å². The fourth-order valence-corrected chi connectivity index (χ4v) is 1.64. The smallest absolute Gasteiger partial charge is 0.0897 e. The zero-order valence-corrected chi connectivity index (χ0v) is 9.78. The minimum absolute atomic E-state index is 0.192. The van der Waals surface area contributed by atoms with Gasteiger partial charge in [-0.2, -0.15) is 0 Å². The Morgan fingerprint density at radius 2 is 2.27 bits per heavy atom. The van der Waals surface area contributed by atoms with Crippen molar-refractivity contribution in [2.24, 2.45) is 0 Å². The average molecular weight is 213 g/mol. The summed E-state index contributed by atoms with van der Waals surface area (Å²) < 4.78 is 5.34. The topological polar surface area (TPSA) is 41.5 Å². The van der Waals surface area contributed by atoms with Crippen LogP contribution in [0.4, 0.5) is 0 Å². The van der Waals surface area contributed by atoms with E-state index in [4.69, 9.17) is 4.74 Å². The first-order valence-corrected chi connectivity index (χ1v) is 5.86. The molecule has 0 radical (unpaired) electrons. The summed E-state index contributed by atoms with van der Waals surface area (Å²) in [6.45, 7) is 5.01. The summed E-state index contributed by atoms with van der Waals surface area (Å²) in [4.78, 5) is 0. The molecule has 0 saturated heterocycles. The van der Waals surface area contributed by atoms with Crippen LogP contribution in [0, 0.1) is 0 Å². The highest BCUT2D eigenvalue weighted by Gasteiger charge is 2.11. The molecule has 0 bridgehead atoms. The SMILES string of the molecule is CC(C)OCC(O)CNC1CC=CCC1. The molecule has 88 valence electrons. The van der Waals surface area contributed by atoms with Gasteiger partial charge in [-0.15, -0.1) is 0 Å². The molecule has 1 aliphatic rings. The molecule has 0 spiro atoms. The summed E-state index contributed by atoms with van der Waals surface area (Å²) in [5.41, 5.74) is 0. The molecule has 1 aliphatic carbocycles. The number of aliphatic hydroxyl groups is 1. The molecule has 0 fully saturated rings. The van der Waals surface area contributed by atoms with E-state index in [0.29, 0.717) is 19.2 Å². The molecule has 0 aromatic heterocycles. The van der Waals surface area contributed by atoms with Gasteiger partial charge >= 0.3 is 0 Å². The van der Waals surface area contributed by atoms with Gasteiger partial charge in [0.15, 0.2) is 0 Å². The Bertz CT molecular complexity index is 192. The molecule has 15 heavy (non-hydrogen) atoms. The first-order valence-electron chi connectivity index (χ1n) is 5.86. The lowest BCUT2D eigenvalue weighted by Gasteiger charge is -2.21. The van der Waals surface area contributed by atoms with Crippen LogP contribution in [-0.4, -0.2) is 36.5 Å². The Balaban J connectivity index is 2.05. The van der Waals surface area contributed by atoms with Crippen molar-refractivity contribution in [1.29, 1.82) is 0 Å². The largest absolute Gasteiger partial charge is 0.389 e. The standard InChI is InChI=1S/C12H23NO2/c1-10(2)15-9-12(14)8-13-11-6-4-3-5-7-11/h3-4,10-14H,5-9H2,1-2H3. The maximum Gasteiger partial charge on any atom is 0.0897 e. The second kappa shape index (κ2) is 6.99. The zero-order chi connectivity index (χ0) is 11.1. The Hall–Kier alpha value is -0.380. The van der Waals surface area contributed by atoms with Gasteiger partial charge in [0.25, 0.3) is 0 Å². The van der Waals surface area contributed by atoms with Crippen LogP contribution in [0.25, 0.3) is 0 Å². The summed E-state index contributed by atoms with van der Waals surface area (Å²) in [6, 6.07) is 0.531. The maximum absolute atomic E-state index is 9.62. The normalized spacial score (nSPS) is 23.3. The van der Waals surface area contributed by atoms with Gasteiger partial charge in [-0.1, -0.05) is 12.2 Å². The zero-order valence-electron chi connectivity index (χ0n) is 9.78. The van der Waals surface area contributed by atoms with E-state index in [1.165, 1.54) is 6.42 Å². The number of allylic oxidation sites excluding steroid dienone is 1. The van der Waals surface area contributed by atoms with Gasteiger partial charge in [0, 0.05) is 12.6 Å².